The maximum atomic E-state index is 5.99. The smallest absolute Gasteiger partial charge is 0.180 e. The average molecular weight is 292 g/mol. The van der Waals surface area contributed by atoms with Gasteiger partial charge in [-0.25, -0.2) is 4.98 Å². The summed E-state index contributed by atoms with van der Waals surface area (Å²) in [5, 5.41) is 3.17. The Morgan fingerprint density at radius 3 is 2.57 bits per heavy atom. The largest absolute Gasteiger partial charge is 0.375 e. The highest BCUT2D eigenvalue weighted by Crippen LogP contribution is 2.28. The van der Waals surface area contributed by atoms with E-state index >= 15 is 0 Å². The summed E-state index contributed by atoms with van der Waals surface area (Å²) in [6.45, 7) is 0. The summed E-state index contributed by atoms with van der Waals surface area (Å²) in [6.07, 6.45) is 0. The van der Waals surface area contributed by atoms with Crippen LogP contribution in [-0.2, 0) is 0 Å². The number of benzene rings is 1. The van der Waals surface area contributed by atoms with Gasteiger partial charge in [-0.2, -0.15) is 0 Å². The topological polar surface area (TPSA) is 38.9 Å². The number of thiazole rings is 1. The molecule has 1 aromatic heterocycles. The van der Waals surface area contributed by atoms with E-state index in [-0.39, 0.29) is 17.0 Å². The van der Waals surface area contributed by atoms with Gasteiger partial charge >= 0.3 is 0 Å². The van der Waals surface area contributed by atoms with Crippen molar-refractivity contribution in [2.24, 2.45) is 0 Å². The Balaban J connectivity index is 0.000000980. The molecular formula is C9H8BrClN2S. The van der Waals surface area contributed by atoms with Gasteiger partial charge in [0.2, 0.25) is 0 Å². The molecular weight excluding hydrogens is 284 g/mol. The fourth-order valence-electron chi connectivity index (χ4n) is 1.08. The van der Waals surface area contributed by atoms with Crippen molar-refractivity contribution in [1.29, 1.82) is 0 Å². The SMILES string of the molecule is Br.Nc1nc(-c2ccccc2Cl)cs1. The van der Waals surface area contributed by atoms with Crippen LogP contribution in [0.3, 0.4) is 0 Å². The quantitative estimate of drug-likeness (QED) is 0.871. The molecule has 1 heterocycles. The van der Waals surface area contributed by atoms with Crippen LogP contribution < -0.4 is 5.73 Å². The van der Waals surface area contributed by atoms with E-state index in [0.29, 0.717) is 10.2 Å². The number of aromatic nitrogens is 1. The van der Waals surface area contributed by atoms with E-state index in [0.717, 1.165) is 11.3 Å². The zero-order chi connectivity index (χ0) is 9.26. The number of rotatable bonds is 1. The minimum absolute atomic E-state index is 0. The Morgan fingerprint density at radius 1 is 1.29 bits per heavy atom. The lowest BCUT2D eigenvalue weighted by Crippen LogP contribution is -1.83. The molecule has 2 N–H and O–H groups in total. The molecule has 0 bridgehead atoms. The molecule has 74 valence electrons. The Labute approximate surface area is 102 Å². The third-order valence-electron chi connectivity index (χ3n) is 1.67. The molecule has 0 amide bonds. The van der Waals surface area contributed by atoms with Gasteiger partial charge in [0.15, 0.2) is 5.13 Å². The molecule has 2 rings (SSSR count). The van der Waals surface area contributed by atoms with E-state index in [1.807, 2.05) is 29.6 Å². The molecule has 2 aromatic rings. The average Bonchev–Trinajstić information content (AvgIpc) is 2.53. The van der Waals surface area contributed by atoms with Gasteiger partial charge in [-0.3, -0.25) is 0 Å². The summed E-state index contributed by atoms with van der Waals surface area (Å²) in [4.78, 5) is 4.15. The van der Waals surface area contributed by atoms with Crippen LogP contribution >= 0.6 is 39.9 Å². The predicted octanol–water partition coefficient (Wildman–Crippen LogP) is 3.62. The molecule has 0 radical (unpaired) electrons. The summed E-state index contributed by atoms with van der Waals surface area (Å²) in [5.74, 6) is 0. The van der Waals surface area contributed by atoms with E-state index in [2.05, 4.69) is 4.98 Å². The monoisotopic (exact) mass is 290 g/mol. The molecule has 0 spiro atoms. The van der Waals surface area contributed by atoms with Gasteiger partial charge in [-0.1, -0.05) is 29.8 Å². The van der Waals surface area contributed by atoms with Crippen LogP contribution in [0.2, 0.25) is 5.02 Å². The van der Waals surface area contributed by atoms with E-state index in [9.17, 15) is 0 Å². The summed E-state index contributed by atoms with van der Waals surface area (Å²) < 4.78 is 0. The lowest BCUT2D eigenvalue weighted by atomic mass is 10.2. The second kappa shape index (κ2) is 4.77. The van der Waals surface area contributed by atoms with E-state index in [1.165, 1.54) is 11.3 Å². The molecule has 0 fully saturated rings. The molecule has 2 nitrogen and oxygen atoms in total. The summed E-state index contributed by atoms with van der Waals surface area (Å²) >= 11 is 7.41. The number of nitrogens with zero attached hydrogens (tertiary/aromatic N) is 1. The second-order valence-corrected chi connectivity index (χ2v) is 3.85. The summed E-state index contributed by atoms with van der Waals surface area (Å²) in [5.41, 5.74) is 7.30. The van der Waals surface area contributed by atoms with Crippen molar-refractivity contribution in [3.8, 4) is 11.3 Å². The Bertz CT molecular complexity index is 430. The number of nitrogens with two attached hydrogens (primary N) is 1. The first-order valence-electron chi connectivity index (χ1n) is 3.73. The Hall–Kier alpha value is -0.580. The summed E-state index contributed by atoms with van der Waals surface area (Å²) in [7, 11) is 0. The van der Waals surface area contributed by atoms with Crippen molar-refractivity contribution in [1.82, 2.24) is 4.98 Å². The minimum atomic E-state index is 0. The molecule has 0 aliphatic carbocycles. The van der Waals surface area contributed by atoms with Gasteiger partial charge in [0.25, 0.3) is 0 Å². The highest BCUT2D eigenvalue weighted by molar-refractivity contribution is 8.93. The first-order valence-corrected chi connectivity index (χ1v) is 4.99. The van der Waals surface area contributed by atoms with Gasteiger partial charge in [-0.05, 0) is 6.07 Å². The van der Waals surface area contributed by atoms with Crippen molar-refractivity contribution < 1.29 is 0 Å². The lowest BCUT2D eigenvalue weighted by Gasteiger charge is -1.97. The van der Waals surface area contributed by atoms with E-state index in [4.69, 9.17) is 17.3 Å². The third-order valence-corrected chi connectivity index (χ3v) is 2.68. The van der Waals surface area contributed by atoms with Crippen LogP contribution in [0.5, 0.6) is 0 Å². The molecule has 5 heteroatoms. The van der Waals surface area contributed by atoms with Crippen LogP contribution in [0.25, 0.3) is 11.3 Å². The fourth-order valence-corrected chi connectivity index (χ4v) is 1.88. The van der Waals surface area contributed by atoms with Gasteiger partial charge in [0.05, 0.1) is 5.69 Å². The maximum Gasteiger partial charge on any atom is 0.180 e. The molecule has 0 atom stereocenters. The molecule has 1 aromatic carbocycles. The molecule has 0 saturated carbocycles. The number of halogens is 2. The highest BCUT2D eigenvalue weighted by atomic mass is 79.9. The molecule has 14 heavy (non-hydrogen) atoms. The fraction of sp³-hybridized carbons (Fsp3) is 0. The molecule has 0 aliphatic rings. The van der Waals surface area contributed by atoms with Crippen LogP contribution in [0, 0.1) is 0 Å². The van der Waals surface area contributed by atoms with Crippen LogP contribution in [0.4, 0.5) is 5.13 Å². The van der Waals surface area contributed by atoms with Crippen molar-refractivity contribution in [3.63, 3.8) is 0 Å². The number of hydrogen-bond donors (Lipinski definition) is 1. The zero-order valence-electron chi connectivity index (χ0n) is 7.11. The van der Waals surface area contributed by atoms with Crippen molar-refractivity contribution >= 4 is 45.1 Å². The Kier molecular flexibility index (Phi) is 3.92. The first-order chi connectivity index (χ1) is 6.27. The zero-order valence-corrected chi connectivity index (χ0v) is 10.4. The van der Waals surface area contributed by atoms with Gasteiger partial charge in [0, 0.05) is 16.0 Å². The maximum absolute atomic E-state index is 5.99. The summed E-state index contributed by atoms with van der Waals surface area (Å²) in [6, 6.07) is 7.58. The normalized spacial score (nSPS) is 9.50. The standard InChI is InChI=1S/C9H7ClN2S.BrH/c10-7-4-2-1-3-6(7)8-5-13-9(11)12-8;/h1-5H,(H2,11,12);1H. The van der Waals surface area contributed by atoms with E-state index in [1.54, 1.807) is 0 Å². The van der Waals surface area contributed by atoms with Gasteiger partial charge in [0.1, 0.15) is 0 Å². The van der Waals surface area contributed by atoms with E-state index < -0.39 is 0 Å². The van der Waals surface area contributed by atoms with Crippen molar-refractivity contribution in [3.05, 3.63) is 34.7 Å². The first kappa shape index (κ1) is 11.5. The molecule has 0 saturated heterocycles. The van der Waals surface area contributed by atoms with Crippen molar-refractivity contribution in [2.75, 3.05) is 5.73 Å². The van der Waals surface area contributed by atoms with Gasteiger partial charge < -0.3 is 5.73 Å². The van der Waals surface area contributed by atoms with Crippen LogP contribution in [-0.4, -0.2) is 4.98 Å². The number of nitrogen functional groups attached to an aromatic ring is 1. The number of anilines is 1. The third kappa shape index (κ3) is 2.26. The van der Waals surface area contributed by atoms with Crippen LogP contribution in [0.15, 0.2) is 29.6 Å². The minimum Gasteiger partial charge on any atom is -0.375 e. The Morgan fingerprint density at radius 2 is 2.00 bits per heavy atom. The predicted molar refractivity (Wildman–Crippen MR) is 67.3 cm³/mol. The highest BCUT2D eigenvalue weighted by Gasteiger charge is 2.05. The molecule has 0 aliphatic heterocycles. The lowest BCUT2D eigenvalue weighted by molar-refractivity contribution is 1.41. The van der Waals surface area contributed by atoms with Crippen molar-refractivity contribution in [2.45, 2.75) is 0 Å². The second-order valence-electron chi connectivity index (χ2n) is 2.55. The van der Waals surface area contributed by atoms with Gasteiger partial charge in [-0.15, -0.1) is 28.3 Å². The molecule has 0 unspecified atom stereocenters. The number of hydrogen-bond acceptors (Lipinski definition) is 3. The van der Waals surface area contributed by atoms with Crippen LogP contribution in [0.1, 0.15) is 0 Å².